The van der Waals surface area contributed by atoms with Gasteiger partial charge in [-0.3, -0.25) is 9.89 Å². The molecular weight excluding hydrogens is 244 g/mol. The number of amides is 1. The van der Waals surface area contributed by atoms with Crippen LogP contribution >= 0.6 is 0 Å². The van der Waals surface area contributed by atoms with Crippen LogP contribution in [0.5, 0.6) is 0 Å². The minimum atomic E-state index is -0.167. The van der Waals surface area contributed by atoms with Crippen LogP contribution in [-0.2, 0) is 4.74 Å². The molecule has 106 valence electrons. The van der Waals surface area contributed by atoms with E-state index in [0.29, 0.717) is 18.0 Å². The quantitative estimate of drug-likeness (QED) is 0.769. The first-order valence-corrected chi connectivity index (χ1v) is 6.84. The summed E-state index contributed by atoms with van der Waals surface area (Å²) in [7, 11) is 0. The van der Waals surface area contributed by atoms with Crippen LogP contribution in [0.1, 0.15) is 49.9 Å². The summed E-state index contributed by atoms with van der Waals surface area (Å²) in [5, 5.41) is 9.36. The van der Waals surface area contributed by atoms with Gasteiger partial charge in [0.05, 0.1) is 11.8 Å². The number of anilines is 1. The normalized spacial score (nSPS) is 22.1. The summed E-state index contributed by atoms with van der Waals surface area (Å²) in [5.74, 6) is 0.140. The Balaban J connectivity index is 2.00. The lowest BCUT2D eigenvalue weighted by atomic mass is 9.86. The predicted octanol–water partition coefficient (Wildman–Crippen LogP) is 1.46. The van der Waals surface area contributed by atoms with Gasteiger partial charge in [0.15, 0.2) is 0 Å². The van der Waals surface area contributed by atoms with Gasteiger partial charge in [-0.2, -0.15) is 5.10 Å². The average molecular weight is 266 g/mol. The lowest BCUT2D eigenvalue weighted by Crippen LogP contribution is -2.48. The molecule has 4 N–H and O–H groups in total. The van der Waals surface area contributed by atoms with Crippen LogP contribution in [0.25, 0.3) is 0 Å². The Bertz CT molecular complexity index is 440. The van der Waals surface area contributed by atoms with Gasteiger partial charge >= 0.3 is 0 Å². The number of nitrogen functional groups attached to an aromatic ring is 1. The monoisotopic (exact) mass is 266 g/mol. The Labute approximate surface area is 113 Å². The van der Waals surface area contributed by atoms with E-state index in [4.69, 9.17) is 10.5 Å². The second-order valence-corrected chi connectivity index (χ2v) is 5.10. The summed E-state index contributed by atoms with van der Waals surface area (Å²) in [6.45, 7) is 4.94. The van der Waals surface area contributed by atoms with E-state index in [1.807, 2.05) is 0 Å². The van der Waals surface area contributed by atoms with Crippen molar-refractivity contribution in [1.82, 2.24) is 15.5 Å². The lowest BCUT2D eigenvalue weighted by molar-refractivity contribution is -0.0917. The third-order valence-corrected chi connectivity index (χ3v) is 4.03. The van der Waals surface area contributed by atoms with Gasteiger partial charge in [-0.05, 0) is 25.7 Å². The Kier molecular flexibility index (Phi) is 4.09. The Morgan fingerprint density at radius 1 is 1.63 bits per heavy atom. The van der Waals surface area contributed by atoms with Crippen LogP contribution in [0.15, 0.2) is 6.20 Å². The van der Waals surface area contributed by atoms with Gasteiger partial charge in [0, 0.05) is 12.6 Å². The molecule has 1 saturated heterocycles. The van der Waals surface area contributed by atoms with E-state index in [-0.39, 0.29) is 17.6 Å². The topological polar surface area (TPSA) is 93.0 Å². The predicted molar refractivity (Wildman–Crippen MR) is 72.8 cm³/mol. The van der Waals surface area contributed by atoms with Crippen molar-refractivity contribution in [2.45, 2.75) is 51.2 Å². The zero-order valence-electron chi connectivity index (χ0n) is 11.5. The minimum absolute atomic E-state index is 0.0991. The smallest absolute Gasteiger partial charge is 0.256 e. The third-order valence-electron chi connectivity index (χ3n) is 4.03. The van der Waals surface area contributed by atoms with E-state index in [2.05, 4.69) is 29.4 Å². The van der Waals surface area contributed by atoms with Crippen molar-refractivity contribution in [2.24, 2.45) is 0 Å². The van der Waals surface area contributed by atoms with Gasteiger partial charge in [-0.15, -0.1) is 0 Å². The van der Waals surface area contributed by atoms with Gasteiger partial charge in [-0.1, -0.05) is 13.8 Å². The molecule has 1 amide bonds. The molecule has 2 heterocycles. The highest BCUT2D eigenvalue weighted by Crippen LogP contribution is 2.31. The number of nitrogens with two attached hydrogens (primary N) is 1. The van der Waals surface area contributed by atoms with E-state index in [9.17, 15) is 4.79 Å². The molecule has 0 radical (unpaired) electrons. The number of aromatic nitrogens is 2. The number of hydrogen-bond donors (Lipinski definition) is 3. The number of carbonyl (C=O) groups is 1. The molecule has 1 unspecified atom stereocenters. The van der Waals surface area contributed by atoms with Crippen LogP contribution in [0.4, 0.5) is 5.82 Å². The highest BCUT2D eigenvalue weighted by atomic mass is 16.5. The molecule has 0 aromatic carbocycles. The molecule has 1 aromatic heterocycles. The van der Waals surface area contributed by atoms with Crippen LogP contribution < -0.4 is 11.1 Å². The molecule has 19 heavy (non-hydrogen) atoms. The number of hydrogen-bond acceptors (Lipinski definition) is 4. The molecule has 6 nitrogen and oxygen atoms in total. The maximum atomic E-state index is 12.1. The van der Waals surface area contributed by atoms with E-state index in [1.54, 1.807) is 0 Å². The highest BCUT2D eigenvalue weighted by Gasteiger charge is 2.35. The molecule has 0 aliphatic carbocycles. The van der Waals surface area contributed by atoms with Gasteiger partial charge in [0.25, 0.3) is 5.91 Å². The number of nitrogens with one attached hydrogen (secondary N) is 2. The lowest BCUT2D eigenvalue weighted by Gasteiger charge is -2.40. The molecule has 0 saturated carbocycles. The molecule has 0 bridgehead atoms. The van der Waals surface area contributed by atoms with E-state index in [0.717, 1.165) is 25.7 Å². The molecule has 1 fully saturated rings. The van der Waals surface area contributed by atoms with Crippen molar-refractivity contribution in [3.05, 3.63) is 11.8 Å². The summed E-state index contributed by atoms with van der Waals surface area (Å²) in [4.78, 5) is 12.1. The zero-order chi connectivity index (χ0) is 13.9. The number of carbonyl (C=O) groups excluding carboxylic acids is 1. The molecule has 0 spiro atoms. The molecule has 6 heteroatoms. The Morgan fingerprint density at radius 3 is 2.95 bits per heavy atom. The second kappa shape index (κ2) is 5.61. The Hall–Kier alpha value is -1.56. The van der Waals surface area contributed by atoms with Crippen molar-refractivity contribution in [3.63, 3.8) is 0 Å². The number of aromatic amines is 1. The second-order valence-electron chi connectivity index (χ2n) is 5.10. The molecule has 1 atom stereocenters. The molecule has 2 rings (SSSR count). The standard InChI is InChI=1S/C13H22N4O2/c1-3-13(4-2)7-9(5-6-19-13)16-12(18)10-8-15-17-11(10)14/h8-9H,3-7H2,1-2H3,(H,16,18)(H3,14,15,17). The SMILES string of the molecule is CCC1(CC)CC(NC(=O)c2cn[nH]c2N)CCO1. The van der Waals surface area contributed by atoms with Crippen molar-refractivity contribution in [1.29, 1.82) is 0 Å². The summed E-state index contributed by atoms with van der Waals surface area (Å²) in [6, 6.07) is 0.135. The fourth-order valence-corrected chi connectivity index (χ4v) is 2.63. The van der Waals surface area contributed by atoms with Gasteiger partial charge < -0.3 is 15.8 Å². The van der Waals surface area contributed by atoms with Gasteiger partial charge in [0.2, 0.25) is 0 Å². The van der Waals surface area contributed by atoms with E-state index in [1.165, 1.54) is 6.20 Å². The van der Waals surface area contributed by atoms with Crippen molar-refractivity contribution >= 4 is 11.7 Å². The van der Waals surface area contributed by atoms with Crippen molar-refractivity contribution < 1.29 is 9.53 Å². The van der Waals surface area contributed by atoms with Crippen molar-refractivity contribution in [3.8, 4) is 0 Å². The highest BCUT2D eigenvalue weighted by molar-refractivity contribution is 5.98. The first-order valence-electron chi connectivity index (χ1n) is 6.84. The van der Waals surface area contributed by atoms with Crippen LogP contribution in [0.2, 0.25) is 0 Å². The Morgan fingerprint density at radius 2 is 2.37 bits per heavy atom. The largest absolute Gasteiger partial charge is 0.383 e. The number of nitrogens with zero attached hydrogens (tertiary/aromatic N) is 1. The fourth-order valence-electron chi connectivity index (χ4n) is 2.63. The van der Waals surface area contributed by atoms with Crippen LogP contribution in [0, 0.1) is 0 Å². The van der Waals surface area contributed by atoms with Crippen LogP contribution in [0.3, 0.4) is 0 Å². The first-order chi connectivity index (χ1) is 9.10. The molecular formula is C13H22N4O2. The number of H-pyrrole nitrogens is 1. The molecule has 1 aliphatic heterocycles. The fraction of sp³-hybridized carbons (Fsp3) is 0.692. The van der Waals surface area contributed by atoms with E-state index >= 15 is 0 Å². The third kappa shape index (κ3) is 2.89. The number of rotatable bonds is 4. The summed E-state index contributed by atoms with van der Waals surface area (Å²) < 4.78 is 5.90. The van der Waals surface area contributed by atoms with Gasteiger partial charge in [0.1, 0.15) is 11.4 Å². The summed E-state index contributed by atoms with van der Waals surface area (Å²) >= 11 is 0. The molecule has 1 aliphatic rings. The maximum absolute atomic E-state index is 12.1. The average Bonchev–Trinajstić information content (AvgIpc) is 2.85. The first kappa shape index (κ1) is 13.9. The summed E-state index contributed by atoms with van der Waals surface area (Å²) in [5.41, 5.74) is 5.96. The van der Waals surface area contributed by atoms with Crippen molar-refractivity contribution in [2.75, 3.05) is 12.3 Å². The minimum Gasteiger partial charge on any atom is -0.383 e. The van der Waals surface area contributed by atoms with Gasteiger partial charge in [-0.25, -0.2) is 0 Å². The number of ether oxygens (including phenoxy) is 1. The zero-order valence-corrected chi connectivity index (χ0v) is 11.5. The summed E-state index contributed by atoms with van der Waals surface area (Å²) in [6.07, 6.45) is 5.07. The van der Waals surface area contributed by atoms with Crippen LogP contribution in [-0.4, -0.2) is 34.4 Å². The maximum Gasteiger partial charge on any atom is 0.256 e. The van der Waals surface area contributed by atoms with E-state index < -0.39 is 0 Å². The molecule has 1 aromatic rings.